The zero-order chi connectivity index (χ0) is 14.2. The summed E-state index contributed by atoms with van der Waals surface area (Å²) in [4.78, 5) is 0. The molecule has 3 unspecified atom stereocenters. The van der Waals surface area contributed by atoms with Crippen LogP contribution in [0.4, 0.5) is 14.5 Å². The zero-order valence-corrected chi connectivity index (χ0v) is 11.5. The van der Waals surface area contributed by atoms with Crippen molar-refractivity contribution in [2.45, 2.75) is 56.6 Å². The lowest BCUT2D eigenvalue weighted by Gasteiger charge is -2.48. The molecule has 0 heterocycles. The van der Waals surface area contributed by atoms with Crippen LogP contribution in [0.1, 0.15) is 44.9 Å². The Hall–Kier alpha value is -1.16. The third kappa shape index (κ3) is 2.53. The fourth-order valence-corrected chi connectivity index (χ4v) is 3.94. The van der Waals surface area contributed by atoms with Gasteiger partial charge in [-0.1, -0.05) is 12.8 Å². The highest BCUT2D eigenvalue weighted by molar-refractivity contribution is 5.44. The van der Waals surface area contributed by atoms with Crippen LogP contribution in [0.3, 0.4) is 0 Å². The first kappa shape index (κ1) is 13.8. The maximum Gasteiger partial charge on any atom is 0.160 e. The first-order chi connectivity index (χ1) is 9.58. The van der Waals surface area contributed by atoms with Gasteiger partial charge in [0, 0.05) is 23.7 Å². The number of anilines is 1. The molecule has 2 N–H and O–H groups in total. The SMILES string of the molecule is OC12CCCCC1C(Nc1ccc(F)c(F)c1)CCC2. The Morgan fingerprint density at radius 1 is 1.05 bits per heavy atom. The number of rotatable bonds is 2. The topological polar surface area (TPSA) is 32.3 Å². The Morgan fingerprint density at radius 3 is 2.65 bits per heavy atom. The van der Waals surface area contributed by atoms with Crippen LogP contribution in [0.5, 0.6) is 0 Å². The van der Waals surface area contributed by atoms with Crippen LogP contribution >= 0.6 is 0 Å². The minimum Gasteiger partial charge on any atom is -0.390 e. The predicted molar refractivity (Wildman–Crippen MR) is 74.5 cm³/mol. The molecule has 0 aliphatic heterocycles. The molecule has 0 spiro atoms. The number of halogens is 2. The molecule has 2 saturated carbocycles. The number of fused-ring (bicyclic) bond motifs is 1. The number of benzene rings is 1. The molecule has 4 heteroatoms. The number of hydrogen-bond acceptors (Lipinski definition) is 2. The van der Waals surface area contributed by atoms with Crippen LogP contribution in [0.2, 0.25) is 0 Å². The molecule has 2 fully saturated rings. The standard InChI is InChI=1S/C16H21F2NO/c17-13-7-6-11(10-14(13)18)19-15-5-3-9-16(20)8-2-1-4-12(15)16/h6-7,10,12,15,19-20H,1-5,8-9H2. The normalized spacial score (nSPS) is 33.5. The van der Waals surface area contributed by atoms with Crippen molar-refractivity contribution in [3.8, 4) is 0 Å². The Labute approximate surface area is 118 Å². The van der Waals surface area contributed by atoms with Crippen molar-refractivity contribution in [1.82, 2.24) is 0 Å². The molecule has 1 aromatic carbocycles. The number of hydrogen-bond donors (Lipinski definition) is 2. The van der Waals surface area contributed by atoms with E-state index in [0.29, 0.717) is 5.69 Å². The van der Waals surface area contributed by atoms with Crippen molar-refractivity contribution in [3.05, 3.63) is 29.8 Å². The molecule has 3 atom stereocenters. The zero-order valence-electron chi connectivity index (χ0n) is 11.5. The third-order valence-corrected chi connectivity index (χ3v) is 4.95. The molecule has 2 aliphatic carbocycles. The molecular formula is C16H21F2NO. The molecule has 110 valence electrons. The van der Waals surface area contributed by atoms with Crippen LogP contribution < -0.4 is 5.32 Å². The second kappa shape index (κ2) is 5.32. The second-order valence-electron chi connectivity index (χ2n) is 6.23. The van der Waals surface area contributed by atoms with Gasteiger partial charge in [-0.2, -0.15) is 0 Å². The Bertz CT molecular complexity index is 489. The summed E-state index contributed by atoms with van der Waals surface area (Å²) in [6, 6.07) is 4.06. The third-order valence-electron chi connectivity index (χ3n) is 4.95. The van der Waals surface area contributed by atoms with Crippen LogP contribution in [0.25, 0.3) is 0 Å². The number of aliphatic hydroxyl groups is 1. The number of nitrogens with one attached hydrogen (secondary N) is 1. The minimum absolute atomic E-state index is 0.152. The van der Waals surface area contributed by atoms with Crippen molar-refractivity contribution in [2.75, 3.05) is 5.32 Å². The summed E-state index contributed by atoms with van der Waals surface area (Å²) in [6.07, 6.45) is 6.94. The second-order valence-corrected chi connectivity index (χ2v) is 6.23. The summed E-state index contributed by atoms with van der Waals surface area (Å²) >= 11 is 0. The van der Waals surface area contributed by atoms with Crippen molar-refractivity contribution in [1.29, 1.82) is 0 Å². The van der Waals surface area contributed by atoms with Gasteiger partial charge < -0.3 is 10.4 Å². The molecule has 2 nitrogen and oxygen atoms in total. The molecule has 0 amide bonds. The van der Waals surface area contributed by atoms with Gasteiger partial charge in [0.25, 0.3) is 0 Å². The molecule has 0 aromatic heterocycles. The quantitative estimate of drug-likeness (QED) is 0.863. The summed E-state index contributed by atoms with van der Waals surface area (Å²) in [5.41, 5.74) is 0.0379. The van der Waals surface area contributed by atoms with E-state index in [2.05, 4.69) is 5.32 Å². The van der Waals surface area contributed by atoms with Crippen molar-refractivity contribution in [3.63, 3.8) is 0 Å². The van der Waals surface area contributed by atoms with Crippen molar-refractivity contribution in [2.24, 2.45) is 5.92 Å². The van der Waals surface area contributed by atoms with Gasteiger partial charge in [-0.25, -0.2) is 8.78 Å². The van der Waals surface area contributed by atoms with E-state index >= 15 is 0 Å². The van der Waals surface area contributed by atoms with Gasteiger partial charge in [-0.05, 0) is 44.2 Å². The van der Waals surface area contributed by atoms with Gasteiger partial charge in [0.1, 0.15) is 0 Å². The molecule has 2 aliphatic rings. The maximum absolute atomic E-state index is 13.3. The molecule has 20 heavy (non-hydrogen) atoms. The van der Waals surface area contributed by atoms with Crippen LogP contribution in [-0.4, -0.2) is 16.7 Å². The average Bonchev–Trinajstić information content (AvgIpc) is 2.42. The van der Waals surface area contributed by atoms with Gasteiger partial charge in [0.2, 0.25) is 0 Å². The van der Waals surface area contributed by atoms with E-state index in [4.69, 9.17) is 0 Å². The van der Waals surface area contributed by atoms with E-state index in [0.717, 1.165) is 51.0 Å². The fourth-order valence-electron chi connectivity index (χ4n) is 3.94. The minimum atomic E-state index is -0.829. The van der Waals surface area contributed by atoms with Gasteiger partial charge in [-0.15, -0.1) is 0 Å². The molecular weight excluding hydrogens is 260 g/mol. The molecule has 1 aromatic rings. The lowest BCUT2D eigenvalue weighted by Crippen LogP contribution is -2.52. The van der Waals surface area contributed by atoms with Gasteiger partial charge in [0.05, 0.1) is 5.60 Å². The van der Waals surface area contributed by atoms with E-state index in [1.807, 2.05) is 0 Å². The lowest BCUT2D eigenvalue weighted by molar-refractivity contribution is -0.0793. The largest absolute Gasteiger partial charge is 0.390 e. The van der Waals surface area contributed by atoms with Gasteiger partial charge in [0.15, 0.2) is 11.6 Å². The van der Waals surface area contributed by atoms with Crippen molar-refractivity contribution < 1.29 is 13.9 Å². The molecule has 0 saturated heterocycles. The highest BCUT2D eigenvalue weighted by atomic mass is 19.2. The Balaban J connectivity index is 1.77. The summed E-state index contributed by atoms with van der Waals surface area (Å²) in [7, 11) is 0. The predicted octanol–water partition coefficient (Wildman–Crippen LogP) is 3.85. The van der Waals surface area contributed by atoms with E-state index < -0.39 is 17.2 Å². The Morgan fingerprint density at radius 2 is 1.85 bits per heavy atom. The van der Waals surface area contributed by atoms with Gasteiger partial charge >= 0.3 is 0 Å². The van der Waals surface area contributed by atoms with E-state index in [-0.39, 0.29) is 12.0 Å². The van der Waals surface area contributed by atoms with E-state index in [9.17, 15) is 13.9 Å². The summed E-state index contributed by atoms with van der Waals surface area (Å²) < 4.78 is 26.2. The van der Waals surface area contributed by atoms with Crippen LogP contribution in [-0.2, 0) is 0 Å². The van der Waals surface area contributed by atoms with Crippen molar-refractivity contribution >= 4 is 5.69 Å². The molecule has 0 bridgehead atoms. The lowest BCUT2D eigenvalue weighted by atomic mass is 9.65. The smallest absolute Gasteiger partial charge is 0.160 e. The first-order valence-corrected chi connectivity index (χ1v) is 7.52. The Kier molecular flexibility index (Phi) is 3.67. The molecule has 3 rings (SSSR count). The maximum atomic E-state index is 13.3. The van der Waals surface area contributed by atoms with Crippen LogP contribution in [0, 0.1) is 17.6 Å². The molecule has 0 radical (unpaired) electrons. The summed E-state index contributed by atoms with van der Waals surface area (Å²) in [6.45, 7) is 0. The first-order valence-electron chi connectivity index (χ1n) is 7.52. The summed E-state index contributed by atoms with van der Waals surface area (Å²) in [5, 5.41) is 14.1. The van der Waals surface area contributed by atoms with Crippen LogP contribution in [0.15, 0.2) is 18.2 Å². The highest BCUT2D eigenvalue weighted by Gasteiger charge is 2.45. The summed E-state index contributed by atoms with van der Waals surface area (Å²) in [5.74, 6) is -1.43. The van der Waals surface area contributed by atoms with Gasteiger partial charge in [-0.3, -0.25) is 0 Å². The van der Waals surface area contributed by atoms with E-state index in [1.54, 1.807) is 6.07 Å². The highest BCUT2D eigenvalue weighted by Crippen LogP contribution is 2.44. The monoisotopic (exact) mass is 281 g/mol. The fraction of sp³-hybridized carbons (Fsp3) is 0.625. The average molecular weight is 281 g/mol. The van der Waals surface area contributed by atoms with E-state index in [1.165, 1.54) is 6.07 Å².